The fourth-order valence-electron chi connectivity index (χ4n) is 0.0577. The summed E-state index contributed by atoms with van der Waals surface area (Å²) >= 11 is 0. The zero-order valence-corrected chi connectivity index (χ0v) is 5.88. The van der Waals surface area contributed by atoms with E-state index in [0.29, 0.717) is 0 Å². The molecular weight excluding hydrogens is 128 g/mol. The molecule has 56 valence electrons. The van der Waals surface area contributed by atoms with Crippen LogP contribution in [-0.2, 0) is 0 Å². The Morgan fingerprint density at radius 3 is 1.50 bits per heavy atom. The summed E-state index contributed by atoms with van der Waals surface area (Å²) in [4.78, 5) is 2.90. The topological polar surface area (TPSA) is 88.2 Å². The van der Waals surface area contributed by atoms with Crippen LogP contribution >= 0.6 is 0 Å². The largest absolute Gasteiger partial charge is 0.369 e. The Balaban J connectivity index is -0.000000105. The molecule has 0 fully saturated rings. The maximum atomic E-state index is 7.64. The minimum atomic E-state index is -0.197. The Morgan fingerprint density at radius 1 is 1.20 bits per heavy atom. The number of nitriles is 1. The van der Waals surface area contributed by atoms with E-state index in [2.05, 4.69) is 31.3 Å². The van der Waals surface area contributed by atoms with Crippen molar-refractivity contribution >= 4 is 5.96 Å². The summed E-state index contributed by atoms with van der Waals surface area (Å²) in [7, 11) is 0. The highest BCUT2D eigenvalue weighted by Crippen LogP contribution is 1.49. The van der Waals surface area contributed by atoms with Crippen LogP contribution in [0.4, 0.5) is 0 Å². The molecule has 0 radical (unpaired) electrons. The summed E-state index contributed by atoms with van der Waals surface area (Å²) in [6, 6.07) is 0. The Kier molecular flexibility index (Phi) is 42.2. The van der Waals surface area contributed by atoms with Crippen LogP contribution in [-0.4, -0.2) is 5.96 Å². The van der Waals surface area contributed by atoms with Crippen molar-refractivity contribution < 1.29 is 0 Å². The summed E-state index contributed by atoms with van der Waals surface area (Å²) in [6.07, 6.45) is 1.41. The number of aliphatic imine (C=N–C) groups is 1. The summed E-state index contributed by atoms with van der Waals surface area (Å²) < 4.78 is 0. The summed E-state index contributed by atoms with van der Waals surface area (Å²) in [6.45, 7) is 12.0. The quantitative estimate of drug-likeness (QED) is 0.220. The molecule has 0 saturated heterocycles. The Labute approximate surface area is 61.2 Å². The van der Waals surface area contributed by atoms with Gasteiger partial charge in [-0.05, 0) is 0 Å². The van der Waals surface area contributed by atoms with Gasteiger partial charge in [-0.2, -0.15) is 5.26 Å². The lowest BCUT2D eigenvalue weighted by Gasteiger charge is -1.74. The fraction of sp³-hybridized carbons (Fsp3) is 0. The zero-order valence-electron chi connectivity index (χ0n) is 5.88. The first kappa shape index (κ1) is 15.7. The van der Waals surface area contributed by atoms with Gasteiger partial charge in [0.25, 0.3) is 0 Å². The Morgan fingerprint density at radius 2 is 1.50 bits per heavy atom. The van der Waals surface area contributed by atoms with Crippen molar-refractivity contribution in [1.29, 1.82) is 5.26 Å². The van der Waals surface area contributed by atoms with Crippen molar-refractivity contribution in [3.05, 3.63) is 26.3 Å². The van der Waals surface area contributed by atoms with E-state index in [1.807, 2.05) is 0 Å². The Hall–Kier alpha value is -1.76. The van der Waals surface area contributed by atoms with E-state index in [1.54, 1.807) is 0 Å². The number of hydrogen-bond acceptors (Lipinski definition) is 2. The average molecular weight is 140 g/mol. The first-order valence-corrected chi connectivity index (χ1v) is 2.25. The van der Waals surface area contributed by atoms with Crippen LogP contribution in [0.5, 0.6) is 0 Å². The molecule has 0 heterocycles. The third-order valence-electron chi connectivity index (χ3n) is 0.179. The van der Waals surface area contributed by atoms with Crippen molar-refractivity contribution in [2.24, 2.45) is 16.5 Å². The van der Waals surface area contributed by atoms with E-state index in [4.69, 9.17) is 16.7 Å². The van der Waals surface area contributed by atoms with Crippen molar-refractivity contribution in [1.82, 2.24) is 0 Å². The maximum Gasteiger partial charge on any atom is 0.209 e. The van der Waals surface area contributed by atoms with E-state index in [0.717, 1.165) is 0 Å². The van der Waals surface area contributed by atoms with Crippen LogP contribution in [0.15, 0.2) is 31.3 Å². The molecule has 0 aliphatic heterocycles. The summed E-state index contributed by atoms with van der Waals surface area (Å²) in [5.41, 5.74) is 9.42. The molecule has 0 aliphatic rings. The minimum Gasteiger partial charge on any atom is -0.369 e. The fourth-order valence-corrected chi connectivity index (χ4v) is 0.0577. The Bertz CT molecular complexity index is 116. The molecule has 0 aliphatic carbocycles. The molecule has 0 rings (SSSR count). The molecule has 4 nitrogen and oxygen atoms in total. The van der Waals surface area contributed by atoms with Gasteiger partial charge in [0.05, 0.1) is 0 Å². The number of nitrogens with zero attached hydrogens (tertiary/aromatic N) is 2. The lowest BCUT2D eigenvalue weighted by Crippen LogP contribution is -2.21. The number of rotatable bonds is 0. The first-order chi connectivity index (χ1) is 4.77. The van der Waals surface area contributed by atoms with E-state index in [9.17, 15) is 0 Å². The minimum absolute atomic E-state index is 0.197. The molecule has 0 atom stereocenters. The van der Waals surface area contributed by atoms with Crippen LogP contribution in [0.3, 0.4) is 0 Å². The monoisotopic (exact) mass is 140 g/mol. The van der Waals surface area contributed by atoms with Gasteiger partial charge in [-0.15, -0.1) is 31.3 Å². The predicted molar refractivity (Wildman–Crippen MR) is 43.9 cm³/mol. The number of guanidine groups is 1. The van der Waals surface area contributed by atoms with Gasteiger partial charge in [-0.1, -0.05) is 0 Å². The van der Waals surface area contributed by atoms with E-state index in [-0.39, 0.29) is 5.96 Å². The summed E-state index contributed by atoms with van der Waals surface area (Å²) in [5.74, 6) is -0.197. The van der Waals surface area contributed by atoms with Crippen molar-refractivity contribution in [3.8, 4) is 6.19 Å². The van der Waals surface area contributed by atoms with Crippen LogP contribution in [0, 0.1) is 11.5 Å². The second kappa shape index (κ2) is 26.9. The highest BCUT2D eigenvalue weighted by Gasteiger charge is 1.67. The molecule has 0 amide bonds. The van der Waals surface area contributed by atoms with Gasteiger partial charge in [0.2, 0.25) is 12.2 Å². The zero-order chi connectivity index (χ0) is 8.99. The standard InChI is InChI=1S/C2H4N4.2C2H4/c3-1-6-2(4)5;2*1-2/h(H4,4,5,6);2*1-2H2. The van der Waals surface area contributed by atoms with Gasteiger partial charge in [0.1, 0.15) is 0 Å². The molecule has 0 saturated carbocycles. The molecule has 0 unspecified atom stereocenters. The molecule has 0 spiro atoms. The molecular formula is C6H12N4. The smallest absolute Gasteiger partial charge is 0.209 e. The lowest BCUT2D eigenvalue weighted by atomic mass is 11.1. The van der Waals surface area contributed by atoms with Gasteiger partial charge in [-0.25, -0.2) is 0 Å². The molecule has 10 heavy (non-hydrogen) atoms. The van der Waals surface area contributed by atoms with E-state index in [1.165, 1.54) is 6.19 Å². The van der Waals surface area contributed by atoms with Gasteiger partial charge in [0.15, 0.2) is 0 Å². The second-order valence-corrected chi connectivity index (χ2v) is 0.637. The number of nitrogens with two attached hydrogens (primary N) is 2. The maximum absolute atomic E-state index is 7.64. The van der Waals surface area contributed by atoms with Crippen molar-refractivity contribution in [2.75, 3.05) is 0 Å². The highest BCUT2D eigenvalue weighted by molar-refractivity contribution is 5.76. The molecule has 0 aromatic carbocycles. The van der Waals surface area contributed by atoms with E-state index < -0.39 is 0 Å². The van der Waals surface area contributed by atoms with Crippen molar-refractivity contribution in [3.63, 3.8) is 0 Å². The molecule has 0 aromatic heterocycles. The van der Waals surface area contributed by atoms with Gasteiger partial charge < -0.3 is 11.5 Å². The summed E-state index contributed by atoms with van der Waals surface area (Å²) in [5, 5.41) is 7.64. The molecule has 4 N–H and O–H groups in total. The third-order valence-corrected chi connectivity index (χ3v) is 0.179. The lowest BCUT2D eigenvalue weighted by molar-refractivity contribution is 1.39. The highest BCUT2D eigenvalue weighted by atomic mass is 15.0. The van der Waals surface area contributed by atoms with Crippen LogP contribution in [0.2, 0.25) is 0 Å². The normalized spacial score (nSPS) is 4.30. The molecule has 4 heteroatoms. The van der Waals surface area contributed by atoms with Crippen LogP contribution in [0.25, 0.3) is 0 Å². The van der Waals surface area contributed by atoms with Gasteiger partial charge in [0, 0.05) is 0 Å². The van der Waals surface area contributed by atoms with Crippen molar-refractivity contribution in [2.45, 2.75) is 0 Å². The van der Waals surface area contributed by atoms with Crippen LogP contribution in [0.1, 0.15) is 0 Å². The van der Waals surface area contributed by atoms with E-state index >= 15 is 0 Å². The third kappa shape index (κ3) is 111. The average Bonchev–Trinajstić information content (AvgIpc) is 1.96. The number of hydrogen-bond donors (Lipinski definition) is 2. The van der Waals surface area contributed by atoms with Crippen LogP contribution < -0.4 is 11.5 Å². The van der Waals surface area contributed by atoms with Gasteiger partial charge >= 0.3 is 0 Å². The SMILES string of the molecule is C=C.C=C.N#CN=C(N)N. The second-order valence-electron chi connectivity index (χ2n) is 0.637. The molecule has 0 aromatic rings. The first-order valence-electron chi connectivity index (χ1n) is 2.25. The van der Waals surface area contributed by atoms with Gasteiger partial charge in [-0.3, -0.25) is 0 Å². The predicted octanol–water partition coefficient (Wildman–Crippen LogP) is 0.345. The molecule has 0 bridgehead atoms.